The number of aryl methyl sites for hydroxylation is 1. The minimum absolute atomic E-state index is 0.0622. The van der Waals surface area contributed by atoms with Gasteiger partial charge in [-0.1, -0.05) is 17.7 Å². The van der Waals surface area contributed by atoms with Crippen LogP contribution in [-0.2, 0) is 10.0 Å². The second kappa shape index (κ2) is 5.39. The van der Waals surface area contributed by atoms with E-state index in [0.717, 1.165) is 6.07 Å². The summed E-state index contributed by atoms with van der Waals surface area (Å²) >= 11 is 5.99. The Morgan fingerprint density at radius 1 is 1.13 bits per heavy atom. The van der Waals surface area contributed by atoms with Gasteiger partial charge in [0.05, 0.1) is 21.7 Å². The van der Waals surface area contributed by atoms with E-state index in [9.17, 15) is 17.6 Å². The summed E-state index contributed by atoms with van der Waals surface area (Å²) in [4.78, 5) is 16.0. The first kappa shape index (κ1) is 15.6. The minimum atomic E-state index is -4.04. The van der Waals surface area contributed by atoms with Crippen molar-refractivity contribution in [3.63, 3.8) is 0 Å². The molecule has 0 aliphatic rings. The van der Waals surface area contributed by atoms with Gasteiger partial charge in [0.1, 0.15) is 10.7 Å². The summed E-state index contributed by atoms with van der Waals surface area (Å²) in [5.74, 6) is -0.526. The first-order valence-corrected chi connectivity index (χ1v) is 8.33. The third-order valence-electron chi connectivity index (χ3n) is 3.28. The van der Waals surface area contributed by atoms with Crippen LogP contribution in [0.4, 0.5) is 10.1 Å². The molecule has 0 saturated carbocycles. The number of aromatic nitrogens is 2. The highest BCUT2D eigenvalue weighted by atomic mass is 35.5. The molecular weight excluding hydrogens is 345 g/mol. The molecule has 0 unspecified atom stereocenters. The first-order valence-electron chi connectivity index (χ1n) is 6.47. The number of rotatable bonds is 3. The lowest BCUT2D eigenvalue weighted by molar-refractivity contribution is 0.601. The van der Waals surface area contributed by atoms with Crippen molar-refractivity contribution >= 4 is 38.3 Å². The van der Waals surface area contributed by atoms with Crippen LogP contribution in [0.25, 0.3) is 11.0 Å². The number of hydrogen-bond donors (Lipinski definition) is 3. The molecule has 6 nitrogen and oxygen atoms in total. The zero-order chi connectivity index (χ0) is 16.8. The summed E-state index contributed by atoms with van der Waals surface area (Å²) in [6.45, 7) is 1.57. The van der Waals surface area contributed by atoms with Gasteiger partial charge in [-0.3, -0.25) is 4.72 Å². The molecular formula is C14H11ClFN3O3S. The molecule has 0 saturated heterocycles. The molecule has 3 aromatic rings. The van der Waals surface area contributed by atoms with Gasteiger partial charge in [0.15, 0.2) is 0 Å². The fourth-order valence-electron chi connectivity index (χ4n) is 2.11. The zero-order valence-electron chi connectivity index (χ0n) is 11.8. The van der Waals surface area contributed by atoms with Gasteiger partial charge >= 0.3 is 5.69 Å². The van der Waals surface area contributed by atoms with Crippen LogP contribution in [0.5, 0.6) is 0 Å². The molecule has 120 valence electrons. The number of benzene rings is 2. The minimum Gasteiger partial charge on any atom is -0.306 e. The summed E-state index contributed by atoms with van der Waals surface area (Å²) in [5, 5.41) is -0.0622. The Labute approximate surface area is 135 Å². The van der Waals surface area contributed by atoms with Crippen molar-refractivity contribution < 1.29 is 12.8 Å². The lowest BCUT2D eigenvalue weighted by Crippen LogP contribution is -2.13. The quantitative estimate of drug-likeness (QED) is 0.674. The number of hydrogen-bond acceptors (Lipinski definition) is 3. The number of fused-ring (bicyclic) bond motifs is 1. The Morgan fingerprint density at radius 3 is 2.43 bits per heavy atom. The standard InChI is InChI=1S/C14H11ClFN3O3S/c1-7-2-3-8(4-10(7)16)19-23(21,22)13-6-12-11(5-9(13)15)17-14(20)18-12/h2-6,19H,1H3,(H2,17,18,20). The van der Waals surface area contributed by atoms with Crippen molar-refractivity contribution in [1.82, 2.24) is 9.97 Å². The summed E-state index contributed by atoms with van der Waals surface area (Å²) in [6, 6.07) is 6.56. The molecule has 0 spiro atoms. The molecule has 1 heterocycles. The highest BCUT2D eigenvalue weighted by Crippen LogP contribution is 2.27. The van der Waals surface area contributed by atoms with Crippen molar-refractivity contribution in [3.8, 4) is 0 Å². The monoisotopic (exact) mass is 355 g/mol. The number of halogens is 2. The molecule has 0 bridgehead atoms. The van der Waals surface area contributed by atoms with Crippen LogP contribution in [0, 0.1) is 12.7 Å². The smallest absolute Gasteiger partial charge is 0.306 e. The third kappa shape index (κ3) is 2.95. The average molecular weight is 356 g/mol. The second-order valence-corrected chi connectivity index (χ2v) is 7.03. The summed E-state index contributed by atoms with van der Waals surface area (Å²) in [6.07, 6.45) is 0. The molecule has 2 aromatic carbocycles. The van der Waals surface area contributed by atoms with E-state index in [2.05, 4.69) is 14.7 Å². The number of imidazole rings is 1. The van der Waals surface area contributed by atoms with Crippen molar-refractivity contribution in [2.24, 2.45) is 0 Å². The Hall–Kier alpha value is -2.32. The molecule has 0 amide bonds. The lowest BCUT2D eigenvalue weighted by atomic mass is 10.2. The molecule has 3 rings (SSSR count). The van der Waals surface area contributed by atoms with E-state index in [0.29, 0.717) is 16.6 Å². The summed E-state index contributed by atoms with van der Waals surface area (Å²) in [5.41, 5.74) is 0.693. The Morgan fingerprint density at radius 2 is 1.78 bits per heavy atom. The fraction of sp³-hybridized carbons (Fsp3) is 0.0714. The normalized spacial score (nSPS) is 11.8. The first-order chi connectivity index (χ1) is 10.8. The lowest BCUT2D eigenvalue weighted by Gasteiger charge is -2.10. The van der Waals surface area contributed by atoms with Gasteiger partial charge in [0.2, 0.25) is 0 Å². The van der Waals surface area contributed by atoms with E-state index in [4.69, 9.17) is 11.6 Å². The second-order valence-electron chi connectivity index (χ2n) is 4.98. The molecule has 23 heavy (non-hydrogen) atoms. The van der Waals surface area contributed by atoms with E-state index in [-0.39, 0.29) is 15.6 Å². The fourth-order valence-corrected chi connectivity index (χ4v) is 3.71. The van der Waals surface area contributed by atoms with E-state index >= 15 is 0 Å². The highest BCUT2D eigenvalue weighted by molar-refractivity contribution is 7.92. The van der Waals surface area contributed by atoms with Gasteiger partial charge in [-0.15, -0.1) is 0 Å². The van der Waals surface area contributed by atoms with E-state index in [1.807, 2.05) is 0 Å². The van der Waals surface area contributed by atoms with E-state index in [1.54, 1.807) is 6.92 Å². The molecule has 0 fully saturated rings. The SMILES string of the molecule is Cc1ccc(NS(=O)(=O)c2cc3[nH]c(=O)[nH]c3cc2Cl)cc1F. The number of nitrogens with one attached hydrogen (secondary N) is 3. The van der Waals surface area contributed by atoms with Crippen LogP contribution in [0.15, 0.2) is 40.0 Å². The van der Waals surface area contributed by atoms with Crippen molar-refractivity contribution in [2.45, 2.75) is 11.8 Å². The number of anilines is 1. The maximum absolute atomic E-state index is 13.5. The number of sulfonamides is 1. The van der Waals surface area contributed by atoms with Crippen LogP contribution in [0.2, 0.25) is 5.02 Å². The largest absolute Gasteiger partial charge is 0.323 e. The van der Waals surface area contributed by atoms with Gasteiger partial charge in [0, 0.05) is 0 Å². The van der Waals surface area contributed by atoms with Crippen LogP contribution >= 0.6 is 11.6 Å². The van der Waals surface area contributed by atoms with Gasteiger partial charge in [-0.2, -0.15) is 0 Å². The van der Waals surface area contributed by atoms with Crippen molar-refractivity contribution in [3.05, 3.63) is 57.2 Å². The predicted molar refractivity (Wildman–Crippen MR) is 85.9 cm³/mol. The van der Waals surface area contributed by atoms with Gasteiger partial charge in [-0.05, 0) is 36.8 Å². The molecule has 3 N–H and O–H groups in total. The zero-order valence-corrected chi connectivity index (χ0v) is 13.3. The molecule has 0 radical (unpaired) electrons. The Bertz CT molecular complexity index is 1070. The summed E-state index contributed by atoms with van der Waals surface area (Å²) in [7, 11) is -4.04. The predicted octanol–water partition coefficient (Wildman–Crippen LogP) is 2.76. The molecule has 0 atom stereocenters. The molecule has 9 heteroatoms. The van der Waals surface area contributed by atoms with Crippen molar-refractivity contribution in [2.75, 3.05) is 4.72 Å². The van der Waals surface area contributed by atoms with Gasteiger partial charge < -0.3 is 9.97 Å². The summed E-state index contributed by atoms with van der Waals surface area (Å²) < 4.78 is 40.7. The molecule has 0 aliphatic carbocycles. The maximum Gasteiger partial charge on any atom is 0.323 e. The molecule has 1 aromatic heterocycles. The highest BCUT2D eigenvalue weighted by Gasteiger charge is 2.20. The van der Waals surface area contributed by atoms with E-state index in [1.165, 1.54) is 24.3 Å². The Balaban J connectivity index is 2.06. The Kier molecular flexibility index (Phi) is 3.65. The average Bonchev–Trinajstić information content (AvgIpc) is 2.80. The van der Waals surface area contributed by atoms with Crippen LogP contribution in [0.1, 0.15) is 5.56 Å². The van der Waals surface area contributed by atoms with Crippen molar-refractivity contribution in [1.29, 1.82) is 0 Å². The van der Waals surface area contributed by atoms with Crippen LogP contribution in [0.3, 0.4) is 0 Å². The van der Waals surface area contributed by atoms with Crippen LogP contribution in [-0.4, -0.2) is 18.4 Å². The maximum atomic E-state index is 13.5. The molecule has 0 aliphatic heterocycles. The topological polar surface area (TPSA) is 94.8 Å². The van der Waals surface area contributed by atoms with Gasteiger partial charge in [0.25, 0.3) is 10.0 Å². The van der Waals surface area contributed by atoms with Crippen LogP contribution < -0.4 is 10.4 Å². The number of H-pyrrole nitrogens is 2. The third-order valence-corrected chi connectivity index (χ3v) is 5.13. The number of aromatic amines is 2. The van der Waals surface area contributed by atoms with E-state index < -0.39 is 21.5 Å². The van der Waals surface area contributed by atoms with Gasteiger partial charge in [-0.25, -0.2) is 17.6 Å².